The number of carbonyl (C=O) groups excluding carboxylic acids is 3. The summed E-state index contributed by atoms with van der Waals surface area (Å²) in [7, 11) is 0. The highest BCUT2D eigenvalue weighted by molar-refractivity contribution is 6.07. The van der Waals surface area contributed by atoms with Gasteiger partial charge in [0.05, 0.1) is 17.7 Å². The number of amides is 3. The number of fused-ring (bicyclic) bond motifs is 1. The number of hydrogen-bond acceptors (Lipinski definition) is 6. The first-order valence-electron chi connectivity index (χ1n) is 14.8. The highest BCUT2D eigenvalue weighted by Gasteiger charge is 2.53. The number of alkyl halides is 3. The molecule has 10 nitrogen and oxygen atoms in total. The number of nitrogens with zero attached hydrogens (tertiary/aromatic N) is 5. The Labute approximate surface area is 246 Å². The Morgan fingerprint density at radius 1 is 1.16 bits per heavy atom. The van der Waals surface area contributed by atoms with E-state index in [1.165, 1.54) is 15.9 Å². The van der Waals surface area contributed by atoms with Crippen LogP contribution in [0.2, 0.25) is 0 Å². The van der Waals surface area contributed by atoms with Crippen molar-refractivity contribution >= 4 is 23.5 Å². The second kappa shape index (κ2) is 11.3. The Morgan fingerprint density at radius 2 is 1.88 bits per heavy atom. The van der Waals surface area contributed by atoms with Crippen molar-refractivity contribution in [1.29, 1.82) is 5.26 Å². The molecule has 1 aromatic carbocycles. The second-order valence-electron chi connectivity index (χ2n) is 11.7. The lowest BCUT2D eigenvalue weighted by Gasteiger charge is -2.39. The monoisotopic (exact) mass is 598 g/mol. The summed E-state index contributed by atoms with van der Waals surface area (Å²) in [5, 5.41) is 17.1. The van der Waals surface area contributed by atoms with E-state index in [1.807, 2.05) is 0 Å². The molecule has 0 bridgehead atoms. The molecule has 0 spiro atoms. The first-order valence-corrected chi connectivity index (χ1v) is 14.8. The molecule has 0 unspecified atom stereocenters. The molecule has 4 aliphatic rings. The molecular weight excluding hydrogens is 565 g/mol. The fourth-order valence-corrected chi connectivity index (χ4v) is 6.40. The molecular formula is C30H33F3N6O4. The van der Waals surface area contributed by atoms with Crippen molar-refractivity contribution in [3.8, 4) is 6.07 Å². The van der Waals surface area contributed by atoms with Crippen LogP contribution in [-0.4, -0.2) is 70.8 Å². The number of nitrogens with one attached hydrogen (secondary N) is 1. The van der Waals surface area contributed by atoms with Crippen molar-refractivity contribution in [2.45, 2.75) is 75.7 Å². The Bertz CT molecular complexity index is 1470. The lowest BCUT2D eigenvalue weighted by molar-refractivity contribution is -0.137. The van der Waals surface area contributed by atoms with Crippen molar-refractivity contribution in [3.05, 3.63) is 46.6 Å². The zero-order chi connectivity index (χ0) is 30.5. The SMILES string of the molecule is CCN1C(=O)[C@H](NC(=O)c2cccc(C(F)(F)F)c2)[C@H](C2CC2)c2c(C(=O)N(CC#N)C3CC3)nn(C3CCOCC3)c21. The van der Waals surface area contributed by atoms with Crippen molar-refractivity contribution < 1.29 is 32.3 Å². The molecule has 1 saturated heterocycles. The van der Waals surface area contributed by atoms with Gasteiger partial charge in [-0.25, -0.2) is 4.68 Å². The summed E-state index contributed by atoms with van der Waals surface area (Å²) >= 11 is 0. The number of aromatic nitrogens is 2. The Hall–Kier alpha value is -3.92. The van der Waals surface area contributed by atoms with Crippen LogP contribution in [0.3, 0.4) is 0 Å². The molecule has 2 aliphatic heterocycles. The zero-order valence-corrected chi connectivity index (χ0v) is 23.8. The molecule has 1 N–H and O–H groups in total. The van der Waals surface area contributed by atoms with Gasteiger partial charge in [-0.15, -0.1) is 0 Å². The summed E-state index contributed by atoms with van der Waals surface area (Å²) in [5.41, 5.74) is -0.438. The number of hydrogen-bond donors (Lipinski definition) is 1. The Kier molecular flexibility index (Phi) is 7.66. The van der Waals surface area contributed by atoms with Crippen LogP contribution in [0.4, 0.5) is 19.0 Å². The Balaban J connectivity index is 1.45. The number of carbonyl (C=O) groups is 3. The van der Waals surface area contributed by atoms with Crippen LogP contribution in [0, 0.1) is 17.2 Å². The molecule has 2 atom stereocenters. The van der Waals surface area contributed by atoms with Gasteiger partial charge in [0.1, 0.15) is 18.4 Å². The van der Waals surface area contributed by atoms with Crippen LogP contribution in [-0.2, 0) is 15.7 Å². The second-order valence-corrected chi connectivity index (χ2v) is 11.7. The summed E-state index contributed by atoms with van der Waals surface area (Å²) in [6.07, 6.45) is -0.245. The highest BCUT2D eigenvalue weighted by atomic mass is 19.4. The smallest absolute Gasteiger partial charge is 0.381 e. The van der Waals surface area contributed by atoms with Gasteiger partial charge in [-0.1, -0.05) is 6.07 Å². The number of halogens is 3. The van der Waals surface area contributed by atoms with Crippen LogP contribution in [0.25, 0.3) is 0 Å². The standard InChI is InChI=1S/C30H33F3N6O4/c1-2-37-27-23(25(29(42)38(13-12-34)20-8-9-20)36-39(27)21-10-14-43-15-11-21)22(17-6-7-17)24(28(37)41)35-26(40)18-4-3-5-19(16-18)30(31,32)33/h3-5,16-17,20-22,24H,2,6-11,13-15H2,1H3,(H,35,40)/t22-,24-/m1/s1. The van der Waals surface area contributed by atoms with Gasteiger partial charge in [-0.05, 0) is 69.6 Å². The number of rotatable bonds is 8. The predicted octanol–water partition coefficient (Wildman–Crippen LogP) is 4.04. The van der Waals surface area contributed by atoms with Gasteiger partial charge in [0.2, 0.25) is 0 Å². The molecule has 2 aromatic rings. The van der Waals surface area contributed by atoms with Crippen molar-refractivity contribution in [2.24, 2.45) is 5.92 Å². The van der Waals surface area contributed by atoms with Crippen LogP contribution in [0.15, 0.2) is 24.3 Å². The fourth-order valence-electron chi connectivity index (χ4n) is 6.40. The number of benzene rings is 1. The molecule has 3 fully saturated rings. The van der Waals surface area contributed by atoms with E-state index in [4.69, 9.17) is 9.84 Å². The van der Waals surface area contributed by atoms with Gasteiger partial charge in [0.25, 0.3) is 17.7 Å². The summed E-state index contributed by atoms with van der Waals surface area (Å²) in [6, 6.07) is 4.89. The fraction of sp³-hybridized carbons (Fsp3) is 0.567. The van der Waals surface area contributed by atoms with Crippen molar-refractivity contribution in [2.75, 3.05) is 31.2 Å². The minimum absolute atomic E-state index is 0.0299. The van der Waals surface area contributed by atoms with Crippen LogP contribution in [0.5, 0.6) is 0 Å². The van der Waals surface area contributed by atoms with E-state index < -0.39 is 35.5 Å². The lowest BCUT2D eigenvalue weighted by Crippen LogP contribution is -2.56. The van der Waals surface area contributed by atoms with Gasteiger partial charge < -0.3 is 15.0 Å². The minimum Gasteiger partial charge on any atom is -0.381 e. The van der Waals surface area contributed by atoms with E-state index in [2.05, 4.69) is 11.4 Å². The summed E-state index contributed by atoms with van der Waals surface area (Å²) < 4.78 is 47.5. The highest BCUT2D eigenvalue weighted by Crippen LogP contribution is 2.52. The third-order valence-electron chi connectivity index (χ3n) is 8.81. The van der Waals surface area contributed by atoms with Crippen molar-refractivity contribution in [3.63, 3.8) is 0 Å². The average molecular weight is 599 g/mol. The molecule has 2 saturated carbocycles. The van der Waals surface area contributed by atoms with Crippen molar-refractivity contribution in [1.82, 2.24) is 20.0 Å². The predicted molar refractivity (Wildman–Crippen MR) is 147 cm³/mol. The van der Waals surface area contributed by atoms with E-state index in [0.29, 0.717) is 37.4 Å². The van der Waals surface area contributed by atoms with Crippen LogP contribution in [0.1, 0.15) is 89.4 Å². The third-order valence-corrected chi connectivity index (χ3v) is 8.81. The molecule has 228 valence electrons. The molecule has 13 heteroatoms. The average Bonchev–Trinajstić information content (AvgIpc) is 3.94. The number of nitriles is 1. The molecule has 3 amide bonds. The normalized spacial score (nSPS) is 22.6. The van der Waals surface area contributed by atoms with Gasteiger partial charge in [-0.3, -0.25) is 19.3 Å². The minimum atomic E-state index is -4.63. The number of ether oxygens (including phenoxy) is 1. The maximum absolute atomic E-state index is 14.2. The molecule has 2 aliphatic carbocycles. The maximum Gasteiger partial charge on any atom is 0.416 e. The summed E-state index contributed by atoms with van der Waals surface area (Å²) in [5.74, 6) is -1.69. The van der Waals surface area contributed by atoms with E-state index in [9.17, 15) is 32.8 Å². The zero-order valence-electron chi connectivity index (χ0n) is 23.8. The van der Waals surface area contributed by atoms with Gasteiger partial charge in [-0.2, -0.15) is 23.5 Å². The molecule has 3 heterocycles. The van der Waals surface area contributed by atoms with Gasteiger partial charge >= 0.3 is 6.18 Å². The first-order chi connectivity index (χ1) is 20.6. The van der Waals surface area contributed by atoms with Gasteiger partial charge in [0.15, 0.2) is 5.69 Å². The van der Waals surface area contributed by atoms with E-state index in [0.717, 1.165) is 43.9 Å². The third kappa shape index (κ3) is 5.48. The summed E-state index contributed by atoms with van der Waals surface area (Å²) in [4.78, 5) is 44.7. The Morgan fingerprint density at radius 3 is 2.49 bits per heavy atom. The quantitative estimate of drug-likeness (QED) is 0.458. The lowest BCUT2D eigenvalue weighted by atomic mass is 9.82. The number of likely N-dealkylation sites (N-methyl/N-ethyl adjacent to an activating group) is 1. The number of anilines is 1. The van der Waals surface area contributed by atoms with Crippen LogP contribution >= 0.6 is 0 Å². The maximum atomic E-state index is 14.2. The first kappa shape index (κ1) is 29.2. The van der Waals surface area contributed by atoms with E-state index >= 15 is 0 Å². The molecule has 1 aromatic heterocycles. The molecule has 43 heavy (non-hydrogen) atoms. The van der Waals surface area contributed by atoms with E-state index in [-0.39, 0.29) is 48.3 Å². The largest absolute Gasteiger partial charge is 0.416 e. The van der Waals surface area contributed by atoms with E-state index in [1.54, 1.807) is 11.6 Å². The molecule has 0 radical (unpaired) electrons. The van der Waals surface area contributed by atoms with Crippen LogP contribution < -0.4 is 10.2 Å². The summed E-state index contributed by atoms with van der Waals surface area (Å²) in [6.45, 7) is 2.94. The topological polar surface area (TPSA) is 121 Å². The van der Waals surface area contributed by atoms with Gasteiger partial charge in [0, 0.05) is 42.8 Å². The molecule has 6 rings (SSSR count).